The van der Waals surface area contributed by atoms with Crippen molar-refractivity contribution in [2.75, 3.05) is 0 Å². The Balaban J connectivity index is 1.45. The van der Waals surface area contributed by atoms with Crippen LogP contribution in [0.15, 0.2) is 65.7 Å². The van der Waals surface area contributed by atoms with Gasteiger partial charge in [0.2, 0.25) is 5.91 Å². The number of rotatable bonds is 2. The van der Waals surface area contributed by atoms with Crippen molar-refractivity contribution in [2.45, 2.75) is 19.4 Å². The number of carbonyl (C=O) groups is 1. The minimum absolute atomic E-state index is 0.0329. The van der Waals surface area contributed by atoms with E-state index in [9.17, 15) is 4.79 Å². The quantitative estimate of drug-likeness (QED) is 0.839. The number of carbonyl (C=O) groups excluding carboxylic acids is 1. The van der Waals surface area contributed by atoms with E-state index < -0.39 is 0 Å². The van der Waals surface area contributed by atoms with Crippen molar-refractivity contribution in [1.82, 2.24) is 5.32 Å². The number of hydrogen-bond acceptors (Lipinski definition) is 2. The summed E-state index contributed by atoms with van der Waals surface area (Å²) >= 11 is 0. The zero-order chi connectivity index (χ0) is 17.0. The highest BCUT2D eigenvalue weighted by Crippen LogP contribution is 2.46. The summed E-state index contributed by atoms with van der Waals surface area (Å²) in [5, 5.41) is 3.03. The summed E-state index contributed by atoms with van der Waals surface area (Å²) in [5.41, 5.74) is 4.61. The van der Waals surface area contributed by atoms with Gasteiger partial charge >= 0.3 is 0 Å². The molecule has 0 spiro atoms. The summed E-state index contributed by atoms with van der Waals surface area (Å²) in [6.45, 7) is 2.09. The fourth-order valence-corrected chi connectivity index (χ4v) is 4.42. The van der Waals surface area contributed by atoms with Gasteiger partial charge in [-0.25, -0.2) is 0 Å². The maximum Gasteiger partial charge on any atom is 0.231 e. The van der Waals surface area contributed by atoms with Gasteiger partial charge in [0.1, 0.15) is 5.84 Å². The van der Waals surface area contributed by atoms with Crippen LogP contribution in [0.5, 0.6) is 0 Å². The van der Waals surface area contributed by atoms with Gasteiger partial charge < -0.3 is 5.32 Å². The van der Waals surface area contributed by atoms with Gasteiger partial charge in [-0.2, -0.15) is 0 Å². The van der Waals surface area contributed by atoms with Gasteiger partial charge in [0.05, 0.1) is 12.0 Å². The minimum Gasteiger partial charge on any atom is -0.310 e. The molecule has 0 saturated heterocycles. The number of nitrogens with zero attached hydrogens (tertiary/aromatic N) is 1. The van der Waals surface area contributed by atoms with E-state index >= 15 is 0 Å². The van der Waals surface area contributed by atoms with Crippen LogP contribution in [-0.2, 0) is 4.79 Å². The zero-order valence-electron chi connectivity index (χ0n) is 14.1. The van der Waals surface area contributed by atoms with Gasteiger partial charge in [-0.15, -0.1) is 0 Å². The van der Waals surface area contributed by atoms with Crippen molar-refractivity contribution in [3.63, 3.8) is 0 Å². The first-order valence-electron chi connectivity index (χ1n) is 8.93. The number of nitrogens with one attached hydrogen (secondary N) is 1. The molecule has 1 aliphatic heterocycles. The van der Waals surface area contributed by atoms with Crippen LogP contribution >= 0.6 is 0 Å². The van der Waals surface area contributed by atoms with Crippen molar-refractivity contribution < 1.29 is 4.79 Å². The molecule has 2 bridgehead atoms. The van der Waals surface area contributed by atoms with E-state index in [-0.39, 0.29) is 17.9 Å². The Labute approximate surface area is 147 Å². The Kier molecular flexibility index (Phi) is 3.17. The first-order valence-corrected chi connectivity index (χ1v) is 8.93. The maximum atomic E-state index is 12.5. The molecular formula is C22H20N2O. The van der Waals surface area contributed by atoms with Crippen LogP contribution in [-0.4, -0.2) is 17.8 Å². The van der Waals surface area contributed by atoms with Crippen molar-refractivity contribution in [3.05, 3.63) is 71.8 Å². The lowest BCUT2D eigenvalue weighted by Crippen LogP contribution is -2.47. The summed E-state index contributed by atoms with van der Waals surface area (Å²) in [6.07, 6.45) is 5.51. The minimum atomic E-state index is 0.0329. The van der Waals surface area contributed by atoms with E-state index in [4.69, 9.17) is 4.99 Å². The molecule has 4 unspecified atom stereocenters. The molecule has 2 aromatic rings. The average molecular weight is 328 g/mol. The van der Waals surface area contributed by atoms with Gasteiger partial charge in [0.25, 0.3) is 0 Å². The highest BCUT2D eigenvalue weighted by atomic mass is 16.2. The van der Waals surface area contributed by atoms with Crippen LogP contribution in [0.4, 0.5) is 0 Å². The Hall–Kier alpha value is -2.68. The summed E-state index contributed by atoms with van der Waals surface area (Å²) in [6, 6.07) is 16.9. The van der Waals surface area contributed by atoms with Crippen LogP contribution in [0.2, 0.25) is 0 Å². The Morgan fingerprint density at radius 1 is 0.880 bits per heavy atom. The summed E-state index contributed by atoms with van der Waals surface area (Å²) < 4.78 is 0. The number of aryl methyl sites for hydroxylation is 1. The van der Waals surface area contributed by atoms with Crippen molar-refractivity contribution in [2.24, 2.45) is 22.7 Å². The number of hydrogen-bond donors (Lipinski definition) is 1. The predicted molar refractivity (Wildman–Crippen MR) is 99.3 cm³/mol. The zero-order valence-corrected chi connectivity index (χ0v) is 14.1. The molecule has 1 saturated carbocycles. The maximum absolute atomic E-state index is 12.5. The number of fused-ring (bicyclic) bond motifs is 5. The molecule has 5 rings (SSSR count). The smallest absolute Gasteiger partial charge is 0.231 e. The van der Waals surface area contributed by atoms with Gasteiger partial charge in [-0.1, -0.05) is 66.2 Å². The van der Waals surface area contributed by atoms with Gasteiger partial charge in [0, 0.05) is 11.5 Å². The second kappa shape index (κ2) is 5.41. The Morgan fingerprint density at radius 2 is 1.48 bits per heavy atom. The summed E-state index contributed by atoms with van der Waals surface area (Å²) in [7, 11) is 0. The van der Waals surface area contributed by atoms with E-state index in [0.29, 0.717) is 11.8 Å². The molecule has 124 valence electrons. The lowest BCUT2D eigenvalue weighted by atomic mass is 9.87. The second-order valence-electron chi connectivity index (χ2n) is 7.38. The average Bonchev–Trinajstić information content (AvgIpc) is 3.25. The van der Waals surface area contributed by atoms with Gasteiger partial charge in [-0.05, 0) is 30.4 Å². The molecule has 2 aliphatic carbocycles. The standard InChI is InChI=1S/C22H20N2O/c1-13-2-4-14(5-3-13)15-6-8-16(9-7-15)21-23-20-18-11-10-17(12-18)19(20)22(25)24-21/h2-11,17-20H,12H2,1H3,(H,23,24,25). The van der Waals surface area contributed by atoms with E-state index in [1.54, 1.807) is 0 Å². The molecule has 1 fully saturated rings. The molecule has 3 heteroatoms. The van der Waals surface area contributed by atoms with Crippen LogP contribution in [0.3, 0.4) is 0 Å². The van der Waals surface area contributed by atoms with Crippen LogP contribution in [0.1, 0.15) is 17.5 Å². The highest BCUT2D eigenvalue weighted by molar-refractivity contribution is 6.10. The first-order chi connectivity index (χ1) is 12.2. The largest absolute Gasteiger partial charge is 0.310 e. The molecule has 0 aromatic heterocycles. The van der Waals surface area contributed by atoms with Crippen LogP contribution in [0, 0.1) is 24.7 Å². The van der Waals surface area contributed by atoms with Crippen molar-refractivity contribution >= 4 is 11.7 Å². The molecule has 4 atom stereocenters. The topological polar surface area (TPSA) is 41.5 Å². The Morgan fingerprint density at radius 3 is 2.20 bits per heavy atom. The number of amides is 1. The fraction of sp³-hybridized carbons (Fsp3) is 0.273. The molecule has 1 N–H and O–H groups in total. The number of benzene rings is 2. The lowest BCUT2D eigenvalue weighted by Gasteiger charge is -2.29. The van der Waals surface area contributed by atoms with Gasteiger partial charge in [0.15, 0.2) is 0 Å². The van der Waals surface area contributed by atoms with E-state index in [2.05, 4.69) is 72.9 Å². The SMILES string of the molecule is Cc1ccc(-c2ccc(C3=NC4C5C=CC(C5)C4C(=O)N3)cc2)cc1. The van der Waals surface area contributed by atoms with Gasteiger partial charge in [-0.3, -0.25) is 9.79 Å². The summed E-state index contributed by atoms with van der Waals surface area (Å²) in [4.78, 5) is 17.4. The molecule has 3 aliphatic rings. The number of amidine groups is 1. The number of aliphatic imine (C=N–C) groups is 1. The number of allylic oxidation sites excluding steroid dienone is 1. The third-order valence-electron chi connectivity index (χ3n) is 5.78. The lowest BCUT2D eigenvalue weighted by molar-refractivity contribution is -0.125. The fourth-order valence-electron chi connectivity index (χ4n) is 4.42. The normalized spacial score (nSPS) is 29.3. The highest BCUT2D eigenvalue weighted by Gasteiger charge is 2.50. The third kappa shape index (κ3) is 2.34. The monoisotopic (exact) mass is 328 g/mol. The predicted octanol–water partition coefficient (Wildman–Crippen LogP) is 3.73. The second-order valence-corrected chi connectivity index (χ2v) is 7.38. The molecule has 3 nitrogen and oxygen atoms in total. The van der Waals surface area contributed by atoms with Crippen molar-refractivity contribution in [3.8, 4) is 11.1 Å². The third-order valence-corrected chi connectivity index (χ3v) is 5.78. The summed E-state index contributed by atoms with van der Waals surface area (Å²) in [5.74, 6) is 1.70. The van der Waals surface area contributed by atoms with E-state index in [1.165, 1.54) is 16.7 Å². The van der Waals surface area contributed by atoms with Crippen LogP contribution < -0.4 is 5.32 Å². The van der Waals surface area contributed by atoms with E-state index in [0.717, 1.165) is 17.8 Å². The van der Waals surface area contributed by atoms with E-state index in [1.807, 2.05) is 0 Å². The first kappa shape index (κ1) is 14.6. The molecular weight excluding hydrogens is 308 g/mol. The molecule has 2 aromatic carbocycles. The molecule has 0 radical (unpaired) electrons. The molecule has 1 amide bonds. The molecule has 25 heavy (non-hydrogen) atoms. The van der Waals surface area contributed by atoms with Crippen LogP contribution in [0.25, 0.3) is 11.1 Å². The Bertz CT molecular complexity index is 893. The van der Waals surface area contributed by atoms with Crippen molar-refractivity contribution in [1.29, 1.82) is 0 Å². The molecule has 1 heterocycles.